The highest BCUT2D eigenvalue weighted by molar-refractivity contribution is 7.89. The van der Waals surface area contributed by atoms with Gasteiger partial charge >= 0.3 is 0 Å². The number of nitrogens with one attached hydrogen (secondary N) is 1. The Morgan fingerprint density at radius 2 is 1.80 bits per heavy atom. The van der Waals surface area contributed by atoms with E-state index in [9.17, 15) is 8.42 Å². The first-order chi connectivity index (χ1) is 14.4. The minimum atomic E-state index is -3.26. The standard InChI is InChI=1S/C24H30N2O3S/c1-18(2)29-14-15-30(27,28)26-12-10-20(11-13-26)23-17-25-24-9-8-21(16-22(23)24)19-6-4-3-5-7-19/h3-9,16-18,20,25H,10-15H2,1-2H3. The van der Waals surface area contributed by atoms with Crippen LogP contribution < -0.4 is 0 Å². The van der Waals surface area contributed by atoms with Crippen LogP contribution in [0, 0.1) is 0 Å². The molecule has 160 valence electrons. The summed E-state index contributed by atoms with van der Waals surface area (Å²) in [6, 6.07) is 16.9. The molecule has 1 aromatic heterocycles. The lowest BCUT2D eigenvalue weighted by Crippen LogP contribution is -2.40. The number of hydrogen-bond acceptors (Lipinski definition) is 3. The first-order valence-corrected chi connectivity index (χ1v) is 12.3. The van der Waals surface area contributed by atoms with Gasteiger partial charge < -0.3 is 9.72 Å². The number of benzene rings is 2. The summed E-state index contributed by atoms with van der Waals surface area (Å²) in [4.78, 5) is 3.40. The maximum absolute atomic E-state index is 12.6. The fourth-order valence-electron chi connectivity index (χ4n) is 4.25. The first kappa shape index (κ1) is 21.1. The molecule has 3 aromatic rings. The van der Waals surface area contributed by atoms with Gasteiger partial charge in [-0.05, 0) is 61.4 Å². The van der Waals surface area contributed by atoms with Crippen molar-refractivity contribution in [3.8, 4) is 11.1 Å². The molecule has 0 atom stereocenters. The monoisotopic (exact) mass is 426 g/mol. The van der Waals surface area contributed by atoms with Crippen LogP contribution in [0.1, 0.15) is 38.2 Å². The molecule has 2 heterocycles. The Morgan fingerprint density at radius 1 is 1.07 bits per heavy atom. The number of fused-ring (bicyclic) bond motifs is 1. The molecule has 1 fully saturated rings. The van der Waals surface area contributed by atoms with Crippen LogP contribution in [0.25, 0.3) is 22.0 Å². The van der Waals surface area contributed by atoms with Gasteiger partial charge in [-0.15, -0.1) is 0 Å². The van der Waals surface area contributed by atoms with Gasteiger partial charge in [-0.1, -0.05) is 36.4 Å². The normalized spacial score (nSPS) is 16.5. The molecule has 5 nitrogen and oxygen atoms in total. The van der Waals surface area contributed by atoms with Crippen LogP contribution in [0.2, 0.25) is 0 Å². The van der Waals surface area contributed by atoms with Crippen LogP contribution >= 0.6 is 0 Å². The van der Waals surface area contributed by atoms with Gasteiger partial charge in [0.05, 0.1) is 18.5 Å². The third-order valence-corrected chi connectivity index (χ3v) is 7.73. The molecular formula is C24H30N2O3S. The van der Waals surface area contributed by atoms with E-state index < -0.39 is 10.0 Å². The van der Waals surface area contributed by atoms with Crippen molar-refractivity contribution in [1.82, 2.24) is 9.29 Å². The van der Waals surface area contributed by atoms with Crippen molar-refractivity contribution in [2.75, 3.05) is 25.4 Å². The molecule has 2 aromatic carbocycles. The number of H-pyrrole nitrogens is 1. The number of piperidine rings is 1. The SMILES string of the molecule is CC(C)OCCS(=O)(=O)N1CCC(c2c[nH]c3ccc(-c4ccccc4)cc23)CC1. The van der Waals surface area contributed by atoms with Crippen molar-refractivity contribution in [3.05, 3.63) is 60.3 Å². The van der Waals surface area contributed by atoms with E-state index in [0.29, 0.717) is 19.0 Å². The molecule has 0 spiro atoms. The molecule has 1 aliphatic heterocycles. The molecule has 30 heavy (non-hydrogen) atoms. The van der Waals surface area contributed by atoms with Crippen LogP contribution in [-0.4, -0.2) is 49.3 Å². The minimum absolute atomic E-state index is 0.0496. The van der Waals surface area contributed by atoms with Gasteiger partial charge in [0.2, 0.25) is 10.0 Å². The molecule has 0 saturated carbocycles. The molecule has 1 aliphatic rings. The number of sulfonamides is 1. The van der Waals surface area contributed by atoms with Crippen LogP contribution in [-0.2, 0) is 14.8 Å². The van der Waals surface area contributed by atoms with E-state index in [1.165, 1.54) is 22.1 Å². The van der Waals surface area contributed by atoms with Gasteiger partial charge in [-0.3, -0.25) is 0 Å². The summed E-state index contributed by atoms with van der Waals surface area (Å²) in [5, 5.41) is 1.24. The third-order valence-electron chi connectivity index (χ3n) is 5.90. The van der Waals surface area contributed by atoms with E-state index in [4.69, 9.17) is 4.74 Å². The van der Waals surface area contributed by atoms with E-state index in [-0.39, 0.29) is 18.5 Å². The highest BCUT2D eigenvalue weighted by Gasteiger charge is 2.29. The highest BCUT2D eigenvalue weighted by atomic mass is 32.2. The molecule has 4 rings (SSSR count). The summed E-state index contributed by atoms with van der Waals surface area (Å²) in [5.41, 5.74) is 4.83. The maximum atomic E-state index is 12.6. The molecule has 1 saturated heterocycles. The van der Waals surface area contributed by atoms with E-state index in [2.05, 4.69) is 53.6 Å². The summed E-state index contributed by atoms with van der Waals surface area (Å²) in [5.74, 6) is 0.423. The van der Waals surface area contributed by atoms with Crippen molar-refractivity contribution < 1.29 is 13.2 Å². The summed E-state index contributed by atoms with van der Waals surface area (Å²) in [7, 11) is -3.26. The van der Waals surface area contributed by atoms with Crippen molar-refractivity contribution in [3.63, 3.8) is 0 Å². The van der Waals surface area contributed by atoms with Crippen molar-refractivity contribution in [1.29, 1.82) is 0 Å². The second kappa shape index (κ2) is 8.92. The second-order valence-electron chi connectivity index (χ2n) is 8.28. The van der Waals surface area contributed by atoms with Crippen molar-refractivity contribution in [2.45, 2.75) is 38.7 Å². The van der Waals surface area contributed by atoms with Crippen LogP contribution in [0.15, 0.2) is 54.7 Å². The van der Waals surface area contributed by atoms with Crippen LogP contribution in [0.3, 0.4) is 0 Å². The number of rotatable bonds is 7. The Hall–Kier alpha value is -2.15. The zero-order valence-corrected chi connectivity index (χ0v) is 18.5. The zero-order chi connectivity index (χ0) is 21.1. The number of aromatic nitrogens is 1. The second-order valence-corrected chi connectivity index (χ2v) is 10.4. The molecule has 0 aliphatic carbocycles. The summed E-state index contributed by atoms with van der Waals surface area (Å²) in [6.07, 6.45) is 3.83. The predicted octanol–water partition coefficient (Wildman–Crippen LogP) is 4.77. The fraction of sp³-hybridized carbons (Fsp3) is 0.417. The Labute approximate surface area is 179 Å². The number of hydrogen-bond donors (Lipinski definition) is 1. The molecular weight excluding hydrogens is 396 g/mol. The van der Waals surface area contributed by atoms with Crippen LogP contribution in [0.5, 0.6) is 0 Å². The predicted molar refractivity (Wildman–Crippen MR) is 122 cm³/mol. The quantitative estimate of drug-likeness (QED) is 0.592. The Bertz CT molecular complexity index is 1080. The lowest BCUT2D eigenvalue weighted by molar-refractivity contribution is 0.0905. The lowest BCUT2D eigenvalue weighted by atomic mass is 9.89. The van der Waals surface area contributed by atoms with Crippen LogP contribution in [0.4, 0.5) is 0 Å². The molecule has 0 bridgehead atoms. The molecule has 0 radical (unpaired) electrons. The average Bonchev–Trinajstić information content (AvgIpc) is 3.17. The van der Waals surface area contributed by atoms with Crippen molar-refractivity contribution >= 4 is 20.9 Å². The van der Waals surface area contributed by atoms with E-state index in [0.717, 1.165) is 18.4 Å². The average molecular weight is 427 g/mol. The van der Waals surface area contributed by atoms with E-state index in [1.54, 1.807) is 4.31 Å². The molecule has 6 heteroatoms. The summed E-state index contributed by atoms with van der Waals surface area (Å²) in [6.45, 7) is 5.23. The third kappa shape index (κ3) is 4.61. The number of ether oxygens (including phenoxy) is 1. The van der Waals surface area contributed by atoms with Gasteiger partial charge in [0.15, 0.2) is 0 Å². The number of nitrogens with zero attached hydrogens (tertiary/aromatic N) is 1. The molecule has 1 N–H and O–H groups in total. The highest BCUT2D eigenvalue weighted by Crippen LogP contribution is 2.35. The maximum Gasteiger partial charge on any atom is 0.216 e. The molecule has 0 unspecified atom stereocenters. The van der Waals surface area contributed by atoms with Gasteiger partial charge in [0.1, 0.15) is 0 Å². The van der Waals surface area contributed by atoms with Gasteiger partial charge in [-0.2, -0.15) is 0 Å². The topological polar surface area (TPSA) is 62.4 Å². The molecule has 0 amide bonds. The summed E-state index contributed by atoms with van der Waals surface area (Å²) >= 11 is 0. The Kier molecular flexibility index (Phi) is 6.27. The lowest BCUT2D eigenvalue weighted by Gasteiger charge is -2.31. The summed E-state index contributed by atoms with van der Waals surface area (Å²) < 4.78 is 32.3. The zero-order valence-electron chi connectivity index (χ0n) is 17.7. The number of aromatic amines is 1. The first-order valence-electron chi connectivity index (χ1n) is 10.7. The van der Waals surface area contributed by atoms with E-state index >= 15 is 0 Å². The van der Waals surface area contributed by atoms with E-state index in [1.807, 2.05) is 19.9 Å². The largest absolute Gasteiger partial charge is 0.378 e. The smallest absolute Gasteiger partial charge is 0.216 e. The fourth-order valence-corrected chi connectivity index (χ4v) is 5.59. The van der Waals surface area contributed by atoms with Crippen molar-refractivity contribution in [2.24, 2.45) is 0 Å². The Balaban J connectivity index is 1.47. The van der Waals surface area contributed by atoms with Gasteiger partial charge in [-0.25, -0.2) is 12.7 Å². The van der Waals surface area contributed by atoms with Gasteiger partial charge in [0.25, 0.3) is 0 Å². The minimum Gasteiger partial charge on any atom is -0.378 e. The van der Waals surface area contributed by atoms with Gasteiger partial charge in [0, 0.05) is 30.2 Å². The Morgan fingerprint density at radius 3 is 2.50 bits per heavy atom.